The number of thioether (sulfide) groups is 1. The van der Waals surface area contributed by atoms with Gasteiger partial charge in [-0.15, -0.1) is 0 Å². The summed E-state index contributed by atoms with van der Waals surface area (Å²) in [7, 11) is 0. The molecule has 3 atom stereocenters. The zero-order chi connectivity index (χ0) is 12.1. The van der Waals surface area contributed by atoms with Crippen LogP contribution in [0.1, 0.15) is 64.7 Å². The van der Waals surface area contributed by atoms with Crippen molar-refractivity contribution in [1.82, 2.24) is 0 Å². The van der Waals surface area contributed by atoms with E-state index in [1.165, 1.54) is 63.5 Å². The van der Waals surface area contributed by atoms with Crippen LogP contribution in [-0.4, -0.2) is 17.0 Å². The molecule has 2 rings (SSSR count). The molecule has 0 radical (unpaired) electrons. The first-order chi connectivity index (χ1) is 8.25. The van der Waals surface area contributed by atoms with E-state index in [4.69, 9.17) is 5.73 Å². The minimum absolute atomic E-state index is 0.463. The molecule has 0 aromatic rings. The summed E-state index contributed by atoms with van der Waals surface area (Å²) in [4.78, 5) is 0. The number of hydrogen-bond donors (Lipinski definition) is 1. The predicted octanol–water partition coefficient (Wildman–Crippen LogP) is 4.21. The summed E-state index contributed by atoms with van der Waals surface area (Å²) in [6.07, 6.45) is 12.9. The minimum Gasteiger partial charge on any atom is -0.327 e. The summed E-state index contributed by atoms with van der Waals surface area (Å²) in [5.74, 6) is 2.94. The lowest BCUT2D eigenvalue weighted by molar-refractivity contribution is 0.256. The molecule has 0 aromatic carbocycles. The molecule has 2 N–H and O–H groups in total. The largest absolute Gasteiger partial charge is 0.327 e. The Morgan fingerprint density at radius 3 is 2.53 bits per heavy atom. The highest BCUT2D eigenvalue weighted by Gasteiger charge is 2.25. The van der Waals surface area contributed by atoms with Gasteiger partial charge in [0.1, 0.15) is 0 Å². The molecule has 0 amide bonds. The van der Waals surface area contributed by atoms with Crippen molar-refractivity contribution in [3.8, 4) is 0 Å². The average Bonchev–Trinajstić information content (AvgIpc) is 2.37. The third-order valence-corrected chi connectivity index (χ3v) is 6.18. The molecule has 0 bridgehead atoms. The van der Waals surface area contributed by atoms with Gasteiger partial charge in [0.2, 0.25) is 0 Å². The lowest BCUT2D eigenvalue weighted by Crippen LogP contribution is -2.36. The van der Waals surface area contributed by atoms with Crippen LogP contribution in [0.5, 0.6) is 0 Å². The van der Waals surface area contributed by atoms with E-state index >= 15 is 0 Å². The highest BCUT2D eigenvalue weighted by atomic mass is 32.2. The molecule has 2 aliphatic carbocycles. The van der Waals surface area contributed by atoms with Crippen LogP contribution in [0.4, 0.5) is 0 Å². The SMILES string of the molecule is CC1CCCC(C(N)CSC2CCCCC2)C1. The Morgan fingerprint density at radius 1 is 1.06 bits per heavy atom. The lowest BCUT2D eigenvalue weighted by Gasteiger charge is -2.32. The topological polar surface area (TPSA) is 26.0 Å². The normalized spacial score (nSPS) is 33.5. The molecule has 0 heterocycles. The van der Waals surface area contributed by atoms with Crippen molar-refractivity contribution in [2.75, 3.05) is 5.75 Å². The molecule has 2 fully saturated rings. The van der Waals surface area contributed by atoms with E-state index in [1.54, 1.807) is 0 Å². The van der Waals surface area contributed by atoms with E-state index in [2.05, 4.69) is 18.7 Å². The van der Waals surface area contributed by atoms with Crippen molar-refractivity contribution in [3.63, 3.8) is 0 Å². The van der Waals surface area contributed by atoms with Crippen LogP contribution in [0, 0.1) is 11.8 Å². The van der Waals surface area contributed by atoms with Crippen LogP contribution in [0.15, 0.2) is 0 Å². The Morgan fingerprint density at radius 2 is 1.82 bits per heavy atom. The standard InChI is InChI=1S/C15H29NS/c1-12-6-5-7-13(10-12)15(16)11-17-14-8-3-2-4-9-14/h12-15H,2-11,16H2,1H3. The molecule has 0 saturated heterocycles. The molecule has 3 unspecified atom stereocenters. The van der Waals surface area contributed by atoms with Crippen LogP contribution in [0.3, 0.4) is 0 Å². The first-order valence-electron chi connectivity index (χ1n) is 7.63. The van der Waals surface area contributed by atoms with E-state index in [0.717, 1.165) is 17.1 Å². The second-order valence-electron chi connectivity index (χ2n) is 6.29. The van der Waals surface area contributed by atoms with Crippen LogP contribution in [-0.2, 0) is 0 Å². The van der Waals surface area contributed by atoms with Crippen LogP contribution in [0.25, 0.3) is 0 Å². The van der Waals surface area contributed by atoms with Gasteiger partial charge in [-0.25, -0.2) is 0 Å². The number of hydrogen-bond acceptors (Lipinski definition) is 2. The highest BCUT2D eigenvalue weighted by molar-refractivity contribution is 7.99. The molecule has 2 aliphatic rings. The van der Waals surface area contributed by atoms with Crippen molar-refractivity contribution >= 4 is 11.8 Å². The minimum atomic E-state index is 0.463. The monoisotopic (exact) mass is 255 g/mol. The summed E-state index contributed by atoms with van der Waals surface area (Å²) in [6, 6.07) is 0.463. The van der Waals surface area contributed by atoms with Crippen LogP contribution in [0.2, 0.25) is 0 Å². The van der Waals surface area contributed by atoms with E-state index in [9.17, 15) is 0 Å². The maximum Gasteiger partial charge on any atom is 0.0159 e. The predicted molar refractivity (Wildman–Crippen MR) is 78.4 cm³/mol. The summed E-state index contributed by atoms with van der Waals surface area (Å²) in [6.45, 7) is 2.40. The lowest BCUT2D eigenvalue weighted by atomic mass is 9.79. The molecule has 2 saturated carbocycles. The summed E-state index contributed by atoms with van der Waals surface area (Å²) in [5, 5.41) is 0.927. The molecule has 2 heteroatoms. The Balaban J connectivity index is 1.67. The number of rotatable bonds is 4. The second-order valence-corrected chi connectivity index (χ2v) is 7.62. The van der Waals surface area contributed by atoms with E-state index in [0.29, 0.717) is 6.04 Å². The molecule has 0 spiro atoms. The van der Waals surface area contributed by atoms with Gasteiger partial charge in [0.25, 0.3) is 0 Å². The van der Waals surface area contributed by atoms with Crippen molar-refractivity contribution < 1.29 is 0 Å². The summed E-state index contributed by atoms with van der Waals surface area (Å²) >= 11 is 2.18. The Hall–Kier alpha value is 0.310. The van der Waals surface area contributed by atoms with Gasteiger partial charge in [0.05, 0.1) is 0 Å². The quantitative estimate of drug-likeness (QED) is 0.814. The van der Waals surface area contributed by atoms with E-state index < -0.39 is 0 Å². The van der Waals surface area contributed by atoms with Gasteiger partial charge < -0.3 is 5.73 Å². The number of nitrogens with two attached hydrogens (primary N) is 1. The third kappa shape index (κ3) is 4.48. The fourth-order valence-corrected chi connectivity index (χ4v) is 4.92. The van der Waals surface area contributed by atoms with Gasteiger partial charge in [-0.05, 0) is 37.5 Å². The first kappa shape index (κ1) is 13.7. The molecule has 0 aliphatic heterocycles. The second kappa shape index (κ2) is 7.04. The van der Waals surface area contributed by atoms with Gasteiger partial charge in [-0.2, -0.15) is 11.8 Å². The van der Waals surface area contributed by atoms with Crippen molar-refractivity contribution in [1.29, 1.82) is 0 Å². The van der Waals surface area contributed by atoms with Crippen molar-refractivity contribution in [3.05, 3.63) is 0 Å². The van der Waals surface area contributed by atoms with Crippen molar-refractivity contribution in [2.45, 2.75) is 76.0 Å². The fourth-order valence-electron chi connectivity index (χ4n) is 3.48. The molecular formula is C15H29NS. The zero-order valence-electron chi connectivity index (χ0n) is 11.4. The maximum absolute atomic E-state index is 6.41. The molecular weight excluding hydrogens is 226 g/mol. The van der Waals surface area contributed by atoms with Gasteiger partial charge in [0.15, 0.2) is 0 Å². The smallest absolute Gasteiger partial charge is 0.0159 e. The van der Waals surface area contributed by atoms with Gasteiger partial charge in [-0.3, -0.25) is 0 Å². The van der Waals surface area contributed by atoms with Crippen LogP contribution < -0.4 is 5.73 Å². The highest BCUT2D eigenvalue weighted by Crippen LogP contribution is 2.33. The molecule has 1 nitrogen and oxygen atoms in total. The third-order valence-electron chi connectivity index (χ3n) is 4.66. The van der Waals surface area contributed by atoms with Gasteiger partial charge in [0, 0.05) is 17.0 Å². The molecule has 0 aromatic heterocycles. The zero-order valence-corrected chi connectivity index (χ0v) is 12.2. The van der Waals surface area contributed by atoms with Gasteiger partial charge in [-0.1, -0.05) is 39.0 Å². The molecule has 17 heavy (non-hydrogen) atoms. The van der Waals surface area contributed by atoms with Crippen LogP contribution >= 0.6 is 11.8 Å². The van der Waals surface area contributed by atoms with Crippen molar-refractivity contribution in [2.24, 2.45) is 17.6 Å². The molecule has 100 valence electrons. The Labute approximate surface area is 111 Å². The maximum atomic E-state index is 6.41. The fraction of sp³-hybridized carbons (Fsp3) is 1.00. The summed E-state index contributed by atoms with van der Waals surface area (Å²) in [5.41, 5.74) is 6.41. The Kier molecular flexibility index (Phi) is 5.68. The van der Waals surface area contributed by atoms with Gasteiger partial charge >= 0.3 is 0 Å². The summed E-state index contributed by atoms with van der Waals surface area (Å²) < 4.78 is 0. The Bertz CT molecular complexity index is 213. The average molecular weight is 255 g/mol. The first-order valence-corrected chi connectivity index (χ1v) is 8.67. The van der Waals surface area contributed by atoms with E-state index in [1.807, 2.05) is 0 Å². The van der Waals surface area contributed by atoms with E-state index in [-0.39, 0.29) is 0 Å².